The first-order valence-electron chi connectivity index (χ1n) is 50.6. The Kier molecular flexibility index (Phi) is 31.2. The first kappa shape index (κ1) is 97.4. The lowest BCUT2D eigenvalue weighted by atomic mass is 10.0. The van der Waals surface area contributed by atoms with Crippen molar-refractivity contribution in [2.75, 3.05) is 29.4 Å². The van der Waals surface area contributed by atoms with E-state index < -0.39 is 0 Å². The van der Waals surface area contributed by atoms with Crippen molar-refractivity contribution in [1.29, 1.82) is 0 Å². The maximum Gasteiger partial charge on any atom is 0.0464 e. The fraction of sp³-hybridized carbons (Fsp3) is 0.130. The molecule has 0 radical (unpaired) electrons. The molecule has 6 heteroatoms. The van der Waals surface area contributed by atoms with Gasteiger partial charge in [-0.05, 0) is 418 Å². The van der Waals surface area contributed by atoms with Crippen LogP contribution in [0.1, 0.15) is 100 Å². The Morgan fingerprint density at radius 2 is 0.236 bits per heavy atom. The first-order valence-corrected chi connectivity index (χ1v) is 50.6. The minimum atomic E-state index is 0.971. The van der Waals surface area contributed by atoms with Crippen LogP contribution in [0, 0.1) is 83.1 Å². The Morgan fingerprint density at radius 1 is 0.111 bits per heavy atom. The lowest BCUT2D eigenvalue weighted by molar-refractivity contribution is 0.959. The van der Waals surface area contributed by atoms with E-state index in [-0.39, 0.29) is 0 Å². The number of aryl methyl sites for hydroxylation is 18. The third kappa shape index (κ3) is 24.6. The monoisotopic (exact) mass is 1870 g/mol. The van der Waals surface area contributed by atoms with Crippen molar-refractivity contribution in [2.45, 2.75) is 122 Å². The molecule has 0 saturated carbocycles. The number of hydrogen-bond donors (Lipinski definition) is 0. The number of rotatable bonds is 29. The maximum atomic E-state index is 2.35. The van der Waals surface area contributed by atoms with Gasteiger partial charge in [0, 0.05) is 102 Å². The van der Waals surface area contributed by atoms with Crippen LogP contribution in [0.15, 0.2) is 485 Å². The largest absolute Gasteiger partial charge is 0.311 e. The molecule has 0 heterocycles. The van der Waals surface area contributed by atoms with Gasteiger partial charge in [-0.15, -0.1) is 0 Å². The van der Waals surface area contributed by atoms with Gasteiger partial charge in [-0.2, -0.15) is 0 Å². The van der Waals surface area contributed by atoms with Gasteiger partial charge in [-0.25, -0.2) is 0 Å². The van der Waals surface area contributed by atoms with Crippen LogP contribution < -0.4 is 29.4 Å². The van der Waals surface area contributed by atoms with Gasteiger partial charge in [0.15, 0.2) is 0 Å². The number of hydrogen-bond acceptors (Lipinski definition) is 6. The van der Waals surface area contributed by atoms with E-state index >= 15 is 0 Å². The molecule has 0 amide bonds. The Bertz CT molecular complexity index is 6980. The van der Waals surface area contributed by atoms with Crippen LogP contribution in [0.3, 0.4) is 0 Å². The molecule has 0 aliphatic heterocycles. The second-order valence-electron chi connectivity index (χ2n) is 38.6. The molecule has 20 rings (SSSR count). The minimum absolute atomic E-state index is 0.971. The van der Waals surface area contributed by atoms with Crippen molar-refractivity contribution in [3.05, 3.63) is 585 Å². The smallest absolute Gasteiger partial charge is 0.0464 e. The van der Waals surface area contributed by atoms with Gasteiger partial charge in [-0.1, -0.05) is 311 Å². The summed E-state index contributed by atoms with van der Waals surface area (Å²) < 4.78 is 0. The van der Waals surface area contributed by atoms with Crippen molar-refractivity contribution in [3.8, 4) is 22.3 Å². The molecule has 20 aromatic carbocycles. The molecule has 0 bridgehead atoms. The number of anilines is 18. The predicted octanol–water partition coefficient (Wildman–Crippen LogP) is 38.3. The first-order chi connectivity index (χ1) is 70.2. The normalized spacial score (nSPS) is 10.9. The van der Waals surface area contributed by atoms with Gasteiger partial charge in [0.25, 0.3) is 0 Å². The van der Waals surface area contributed by atoms with E-state index in [0.29, 0.717) is 0 Å². The van der Waals surface area contributed by atoms with E-state index in [2.05, 4.69) is 598 Å². The summed E-state index contributed by atoms with van der Waals surface area (Å²) in [5.74, 6) is 0. The summed E-state index contributed by atoms with van der Waals surface area (Å²) >= 11 is 0. The molecule has 0 aliphatic rings. The van der Waals surface area contributed by atoms with E-state index in [1.54, 1.807) is 0 Å². The quantitative estimate of drug-likeness (QED) is 0.0462. The fourth-order valence-corrected chi connectivity index (χ4v) is 18.6. The third-order valence-electron chi connectivity index (χ3n) is 27.6. The predicted molar refractivity (Wildman–Crippen MR) is 617 cm³/mol. The molecule has 0 spiro atoms. The average molecular weight is 1870 g/mol. The molecular formula is C138H128N6. The number of benzene rings is 20. The summed E-state index contributed by atoms with van der Waals surface area (Å²) in [6.07, 6.45) is 5.92. The molecule has 0 aliphatic carbocycles. The van der Waals surface area contributed by atoms with Crippen LogP contribution in [0.5, 0.6) is 0 Å². The summed E-state index contributed by atoms with van der Waals surface area (Å²) in [7, 11) is 0. The summed E-state index contributed by atoms with van der Waals surface area (Å²) in [6.45, 7) is 25.8. The molecule has 144 heavy (non-hydrogen) atoms. The summed E-state index contributed by atoms with van der Waals surface area (Å²) in [6, 6.07) is 177. The van der Waals surface area contributed by atoms with Crippen molar-refractivity contribution in [1.82, 2.24) is 0 Å². The number of nitrogens with zero attached hydrogens (tertiary/aromatic N) is 6. The highest BCUT2D eigenvalue weighted by atomic mass is 15.2. The van der Waals surface area contributed by atoms with Crippen LogP contribution in [-0.4, -0.2) is 0 Å². The minimum Gasteiger partial charge on any atom is -0.311 e. The molecule has 0 fully saturated rings. The molecule has 0 aromatic heterocycles. The molecule has 0 N–H and O–H groups in total. The molecule has 710 valence electrons. The SMILES string of the molecule is Cc1ccc(N(c2ccc(C)cc2)c2ccc(CCc3ccc(N(c4ccc(C)cc4)c4ccc(C)cc4)cc3)cc2)cc1.Cc1ccc(N(c2ccc(CCc3ccc(N(c4ccc(C)cc4)c4ccc(-c5ccccc5)cc4)cc3)cc2)c2ccc(-c3ccccc3)cc2)cc1.Cc1ccc(N(c2ccc(CCc3ccc(N(c4ccc(C)cc4)c4ccc(C)c(C)c4)cc3)cc2)c2ccc(C)c(C)c2)cc1. The fourth-order valence-electron chi connectivity index (χ4n) is 18.6. The second-order valence-corrected chi connectivity index (χ2v) is 38.6. The van der Waals surface area contributed by atoms with Gasteiger partial charge in [-0.3, -0.25) is 0 Å². The van der Waals surface area contributed by atoms with Crippen molar-refractivity contribution < 1.29 is 0 Å². The molecule has 0 atom stereocenters. The molecule has 20 aromatic rings. The van der Waals surface area contributed by atoms with Gasteiger partial charge in [0.1, 0.15) is 0 Å². The highest BCUT2D eigenvalue weighted by Gasteiger charge is 2.22. The molecule has 0 unspecified atom stereocenters. The van der Waals surface area contributed by atoms with Crippen molar-refractivity contribution >= 4 is 102 Å². The van der Waals surface area contributed by atoms with E-state index in [0.717, 1.165) is 107 Å². The van der Waals surface area contributed by atoms with Crippen LogP contribution >= 0.6 is 0 Å². The standard InChI is InChI=1S/C52H44N2.C44H44N2.C42H40N2/c1-39-13-27-47(28-14-39)53(51-35-23-45(24-36-51)43-9-5-3-6-10-43)49-31-19-41(20-32-49)17-18-42-21-33-50(34-22-42)54(48-29-15-40(2)16-30-48)52-37-25-46(26-38-52)44-11-7-4-8-12-44;1-31-7-19-39(20-8-31)45(43-23-11-33(3)35(5)29-43)41-25-15-37(16-26-41)13-14-38-17-27-42(28-18-38)46(40-21-9-32(2)10-22-40)44-24-12-34(4)36(6)30-44;1-31-5-19-37(20-6-31)43(38-21-7-32(2)8-22-38)41-27-15-35(16-28-41)13-14-36-17-29-42(30-18-36)44(39-23-9-33(3)10-24-39)40-25-11-34(4)12-26-40/h3-16,19-38H,17-18H2,1-2H3;7-12,15-30H,13-14H2,1-6H3;5-12,15-30H,13-14H2,1-4H3. The zero-order valence-corrected chi connectivity index (χ0v) is 85.1. The zero-order chi connectivity index (χ0) is 99.4. The third-order valence-corrected chi connectivity index (χ3v) is 27.6. The van der Waals surface area contributed by atoms with Gasteiger partial charge in [0.2, 0.25) is 0 Å². The molecule has 6 nitrogen and oxygen atoms in total. The van der Waals surface area contributed by atoms with Crippen molar-refractivity contribution in [3.63, 3.8) is 0 Å². The van der Waals surface area contributed by atoms with Gasteiger partial charge < -0.3 is 29.4 Å². The average Bonchev–Trinajstić information content (AvgIpc) is 0.786. The Morgan fingerprint density at radius 3 is 0.389 bits per heavy atom. The van der Waals surface area contributed by atoms with Gasteiger partial charge in [0.05, 0.1) is 0 Å². The summed E-state index contributed by atoms with van der Waals surface area (Å²) in [5, 5.41) is 0. The van der Waals surface area contributed by atoms with Gasteiger partial charge >= 0.3 is 0 Å². The van der Waals surface area contributed by atoms with E-state index in [1.165, 1.54) is 157 Å². The lowest BCUT2D eigenvalue weighted by Crippen LogP contribution is -2.10. The second kappa shape index (κ2) is 46.1. The topological polar surface area (TPSA) is 19.4 Å². The highest BCUT2D eigenvalue weighted by molar-refractivity contribution is 5.85. The van der Waals surface area contributed by atoms with Crippen LogP contribution in [0.2, 0.25) is 0 Å². The van der Waals surface area contributed by atoms with Crippen molar-refractivity contribution in [2.24, 2.45) is 0 Å². The molecular weight excluding hydrogens is 1740 g/mol. The summed E-state index contributed by atoms with van der Waals surface area (Å²) in [5.41, 5.74) is 49.1. The lowest BCUT2D eigenvalue weighted by Gasteiger charge is -2.26. The Hall–Kier alpha value is -16.8. The zero-order valence-electron chi connectivity index (χ0n) is 85.1. The van der Waals surface area contributed by atoms with Crippen LogP contribution in [0.25, 0.3) is 22.3 Å². The Labute approximate surface area is 855 Å². The highest BCUT2D eigenvalue weighted by Crippen LogP contribution is 2.44. The van der Waals surface area contributed by atoms with E-state index in [4.69, 9.17) is 0 Å². The van der Waals surface area contributed by atoms with Crippen LogP contribution in [-0.2, 0) is 38.5 Å². The summed E-state index contributed by atoms with van der Waals surface area (Å²) in [4.78, 5) is 14.0. The Balaban J connectivity index is 0.000000143. The molecule has 0 saturated heterocycles. The van der Waals surface area contributed by atoms with E-state index in [1.807, 2.05) is 0 Å². The van der Waals surface area contributed by atoms with E-state index in [9.17, 15) is 0 Å². The maximum absolute atomic E-state index is 2.35. The van der Waals surface area contributed by atoms with Crippen LogP contribution in [0.4, 0.5) is 102 Å².